The first-order valence-corrected chi connectivity index (χ1v) is 7.81. The van der Waals surface area contributed by atoms with Gasteiger partial charge in [-0.1, -0.05) is 39.0 Å². The van der Waals surface area contributed by atoms with Gasteiger partial charge in [-0.15, -0.1) is 0 Å². The minimum atomic E-state index is -0.454. The zero-order valence-corrected chi connectivity index (χ0v) is 12.6. The van der Waals surface area contributed by atoms with E-state index in [1.54, 1.807) is 6.26 Å². The molecule has 0 aliphatic heterocycles. The molecule has 0 aliphatic rings. The van der Waals surface area contributed by atoms with Crippen LogP contribution in [0.4, 0.5) is 0 Å². The Bertz CT molecular complexity index is 301. The third-order valence-corrected chi connectivity index (χ3v) is 3.21. The van der Waals surface area contributed by atoms with Crippen molar-refractivity contribution in [3.05, 3.63) is 24.2 Å². The van der Waals surface area contributed by atoms with E-state index in [9.17, 15) is 5.11 Å². The van der Waals surface area contributed by atoms with Gasteiger partial charge in [0.15, 0.2) is 0 Å². The first-order chi connectivity index (χ1) is 9.83. The number of aliphatic hydroxyl groups excluding tert-OH is 1. The molecule has 0 saturated carbocycles. The van der Waals surface area contributed by atoms with E-state index in [2.05, 4.69) is 12.2 Å². The van der Waals surface area contributed by atoms with Gasteiger partial charge in [-0.3, -0.25) is 0 Å². The zero-order valence-electron chi connectivity index (χ0n) is 12.6. The molecule has 2 N–H and O–H groups in total. The summed E-state index contributed by atoms with van der Waals surface area (Å²) in [7, 11) is 0. The summed E-state index contributed by atoms with van der Waals surface area (Å²) in [4.78, 5) is 0. The molecule has 4 heteroatoms. The predicted molar refractivity (Wildman–Crippen MR) is 80.6 cm³/mol. The molecule has 0 aliphatic carbocycles. The molecule has 1 rings (SSSR count). The van der Waals surface area contributed by atoms with Gasteiger partial charge in [0.2, 0.25) is 0 Å². The van der Waals surface area contributed by atoms with Gasteiger partial charge in [-0.2, -0.15) is 0 Å². The molecule has 0 bridgehead atoms. The molecule has 0 aromatic carbocycles. The molecule has 1 atom stereocenters. The highest BCUT2D eigenvalue weighted by Crippen LogP contribution is 2.05. The lowest BCUT2D eigenvalue weighted by atomic mass is 10.1. The van der Waals surface area contributed by atoms with Crippen LogP contribution in [-0.2, 0) is 11.3 Å². The highest BCUT2D eigenvalue weighted by Gasteiger charge is 2.04. The molecule has 116 valence electrons. The summed E-state index contributed by atoms with van der Waals surface area (Å²) in [5, 5.41) is 12.9. The predicted octanol–water partition coefficient (Wildman–Crippen LogP) is 3.11. The second-order valence-corrected chi connectivity index (χ2v) is 5.21. The van der Waals surface area contributed by atoms with Crippen LogP contribution >= 0.6 is 0 Å². The fourth-order valence-electron chi connectivity index (χ4n) is 2.04. The molecule has 1 unspecified atom stereocenters. The van der Waals surface area contributed by atoms with Gasteiger partial charge in [0.25, 0.3) is 0 Å². The van der Waals surface area contributed by atoms with E-state index in [0.29, 0.717) is 19.7 Å². The Kier molecular flexibility index (Phi) is 10.3. The Hall–Kier alpha value is -0.840. The SMILES string of the molecule is CCCCCCCCOCC(O)CNCc1ccco1. The summed E-state index contributed by atoms with van der Waals surface area (Å²) in [6.45, 7) is 4.55. The second-order valence-electron chi connectivity index (χ2n) is 5.21. The summed E-state index contributed by atoms with van der Waals surface area (Å²) in [5.41, 5.74) is 0. The van der Waals surface area contributed by atoms with Gasteiger partial charge in [0.05, 0.1) is 25.5 Å². The van der Waals surface area contributed by atoms with Crippen molar-refractivity contribution < 1.29 is 14.3 Å². The first-order valence-electron chi connectivity index (χ1n) is 7.81. The van der Waals surface area contributed by atoms with Crippen LogP contribution in [0.25, 0.3) is 0 Å². The van der Waals surface area contributed by atoms with E-state index in [-0.39, 0.29) is 0 Å². The molecule has 4 nitrogen and oxygen atoms in total. The summed E-state index contributed by atoms with van der Waals surface area (Å²) in [6, 6.07) is 3.77. The number of unbranched alkanes of at least 4 members (excludes halogenated alkanes) is 5. The Labute approximate surface area is 122 Å². The maximum atomic E-state index is 9.73. The van der Waals surface area contributed by atoms with Crippen molar-refractivity contribution in [2.45, 2.75) is 58.1 Å². The van der Waals surface area contributed by atoms with Crippen molar-refractivity contribution in [1.29, 1.82) is 0 Å². The fraction of sp³-hybridized carbons (Fsp3) is 0.750. The lowest BCUT2D eigenvalue weighted by Crippen LogP contribution is -2.30. The molecule has 0 saturated heterocycles. The number of ether oxygens (including phenoxy) is 1. The number of rotatable bonds is 13. The van der Waals surface area contributed by atoms with E-state index in [1.807, 2.05) is 12.1 Å². The van der Waals surface area contributed by atoms with Crippen LogP contribution in [0.5, 0.6) is 0 Å². The number of aliphatic hydroxyl groups is 1. The lowest BCUT2D eigenvalue weighted by Gasteiger charge is -2.11. The molecule has 0 fully saturated rings. The molecular weight excluding hydrogens is 254 g/mol. The second kappa shape index (κ2) is 11.9. The monoisotopic (exact) mass is 283 g/mol. The van der Waals surface area contributed by atoms with Crippen LogP contribution in [0.15, 0.2) is 22.8 Å². The highest BCUT2D eigenvalue weighted by atomic mass is 16.5. The van der Waals surface area contributed by atoms with Crippen LogP contribution in [0.1, 0.15) is 51.2 Å². The van der Waals surface area contributed by atoms with E-state index in [1.165, 1.54) is 32.1 Å². The summed E-state index contributed by atoms with van der Waals surface area (Å²) in [6.07, 6.45) is 8.76. The smallest absolute Gasteiger partial charge is 0.117 e. The third kappa shape index (κ3) is 9.13. The Morgan fingerprint density at radius 1 is 1.25 bits per heavy atom. The molecule has 20 heavy (non-hydrogen) atoms. The maximum absolute atomic E-state index is 9.73. The standard InChI is InChI=1S/C16H29NO3/c1-2-3-4-5-6-7-10-19-14-15(18)12-17-13-16-9-8-11-20-16/h8-9,11,15,17-18H,2-7,10,12-14H2,1H3. The van der Waals surface area contributed by atoms with E-state index < -0.39 is 6.10 Å². The number of nitrogens with one attached hydrogen (secondary N) is 1. The van der Waals surface area contributed by atoms with Gasteiger partial charge in [-0.05, 0) is 18.6 Å². The van der Waals surface area contributed by atoms with Crippen LogP contribution in [0.2, 0.25) is 0 Å². The van der Waals surface area contributed by atoms with E-state index in [0.717, 1.165) is 18.8 Å². The van der Waals surface area contributed by atoms with Gasteiger partial charge < -0.3 is 19.6 Å². The van der Waals surface area contributed by atoms with Gasteiger partial charge in [0.1, 0.15) is 5.76 Å². The molecule has 0 spiro atoms. The van der Waals surface area contributed by atoms with Gasteiger partial charge in [-0.25, -0.2) is 0 Å². The normalized spacial score (nSPS) is 12.7. The van der Waals surface area contributed by atoms with Crippen molar-refractivity contribution in [3.63, 3.8) is 0 Å². The van der Waals surface area contributed by atoms with Crippen molar-refractivity contribution in [3.8, 4) is 0 Å². The quantitative estimate of drug-likeness (QED) is 0.546. The van der Waals surface area contributed by atoms with E-state index in [4.69, 9.17) is 9.15 Å². The van der Waals surface area contributed by atoms with Crippen LogP contribution < -0.4 is 5.32 Å². The lowest BCUT2D eigenvalue weighted by molar-refractivity contribution is 0.0351. The molecular formula is C16H29NO3. The summed E-state index contributed by atoms with van der Waals surface area (Å²) >= 11 is 0. The minimum absolute atomic E-state index is 0.403. The Morgan fingerprint density at radius 3 is 2.80 bits per heavy atom. The first kappa shape index (κ1) is 17.2. The number of hydrogen-bond donors (Lipinski definition) is 2. The average Bonchev–Trinajstić information content (AvgIpc) is 2.95. The van der Waals surface area contributed by atoms with Crippen molar-refractivity contribution in [2.24, 2.45) is 0 Å². The van der Waals surface area contributed by atoms with Crippen LogP contribution in [0.3, 0.4) is 0 Å². The van der Waals surface area contributed by atoms with Crippen LogP contribution in [0, 0.1) is 0 Å². The number of furan rings is 1. The van der Waals surface area contributed by atoms with E-state index >= 15 is 0 Å². The van der Waals surface area contributed by atoms with Crippen LogP contribution in [-0.4, -0.2) is 31.0 Å². The maximum Gasteiger partial charge on any atom is 0.117 e. The van der Waals surface area contributed by atoms with Gasteiger partial charge in [0, 0.05) is 13.2 Å². The van der Waals surface area contributed by atoms with Crippen molar-refractivity contribution >= 4 is 0 Å². The van der Waals surface area contributed by atoms with Gasteiger partial charge >= 0.3 is 0 Å². The molecule has 1 aromatic heterocycles. The number of hydrogen-bond acceptors (Lipinski definition) is 4. The van der Waals surface area contributed by atoms with Crippen molar-refractivity contribution in [2.75, 3.05) is 19.8 Å². The summed E-state index contributed by atoms with van der Waals surface area (Å²) < 4.78 is 10.7. The summed E-state index contributed by atoms with van der Waals surface area (Å²) in [5.74, 6) is 0.880. The molecule has 0 radical (unpaired) electrons. The molecule has 1 aromatic rings. The fourth-order valence-corrected chi connectivity index (χ4v) is 2.04. The average molecular weight is 283 g/mol. The zero-order chi connectivity index (χ0) is 14.5. The molecule has 1 heterocycles. The third-order valence-electron chi connectivity index (χ3n) is 3.21. The Morgan fingerprint density at radius 2 is 2.05 bits per heavy atom. The molecule has 0 amide bonds. The van der Waals surface area contributed by atoms with Crippen molar-refractivity contribution in [1.82, 2.24) is 5.32 Å². The highest BCUT2D eigenvalue weighted by molar-refractivity contribution is 4.97. The largest absolute Gasteiger partial charge is 0.468 e. The minimum Gasteiger partial charge on any atom is -0.468 e. The topological polar surface area (TPSA) is 54.6 Å². The Balaban J connectivity index is 1.84.